The van der Waals surface area contributed by atoms with E-state index < -0.39 is 12.0 Å². The van der Waals surface area contributed by atoms with Gasteiger partial charge in [-0.1, -0.05) is 18.2 Å². The SMILES string of the molecule is CCOC(=O)C1=NN(c2ccccc2)C(C(=O)Nc2c(-c3ccc(F)cc3)ncn2C)C1. The van der Waals surface area contributed by atoms with Crippen molar-refractivity contribution in [3.63, 3.8) is 0 Å². The van der Waals surface area contributed by atoms with Crippen molar-refractivity contribution in [1.29, 1.82) is 0 Å². The number of aryl methyl sites for hydroxylation is 1. The maximum atomic E-state index is 13.3. The highest BCUT2D eigenvalue weighted by Gasteiger charge is 2.37. The molecule has 164 valence electrons. The third-order valence-electron chi connectivity index (χ3n) is 5.04. The van der Waals surface area contributed by atoms with Crippen molar-refractivity contribution in [3.8, 4) is 11.3 Å². The highest BCUT2D eigenvalue weighted by Crippen LogP contribution is 2.29. The number of nitrogens with zero attached hydrogens (tertiary/aromatic N) is 4. The Hall–Kier alpha value is -4.01. The highest BCUT2D eigenvalue weighted by atomic mass is 19.1. The number of hydrogen-bond acceptors (Lipinski definition) is 6. The maximum Gasteiger partial charge on any atom is 0.354 e. The molecule has 0 fully saturated rings. The van der Waals surface area contributed by atoms with Crippen LogP contribution in [0.2, 0.25) is 0 Å². The Morgan fingerprint density at radius 1 is 1.16 bits per heavy atom. The van der Waals surface area contributed by atoms with Gasteiger partial charge in [0, 0.05) is 19.0 Å². The van der Waals surface area contributed by atoms with Crippen LogP contribution in [0.5, 0.6) is 0 Å². The predicted octanol–water partition coefficient (Wildman–Crippen LogP) is 3.36. The van der Waals surface area contributed by atoms with Gasteiger partial charge < -0.3 is 14.6 Å². The third kappa shape index (κ3) is 4.22. The zero-order chi connectivity index (χ0) is 22.7. The lowest BCUT2D eigenvalue weighted by Crippen LogP contribution is -2.39. The monoisotopic (exact) mass is 435 g/mol. The first-order valence-corrected chi connectivity index (χ1v) is 10.1. The van der Waals surface area contributed by atoms with E-state index in [4.69, 9.17) is 4.74 Å². The number of hydrogen-bond donors (Lipinski definition) is 1. The topological polar surface area (TPSA) is 88.8 Å². The van der Waals surface area contributed by atoms with E-state index in [1.54, 1.807) is 37.0 Å². The van der Waals surface area contributed by atoms with Crippen LogP contribution >= 0.6 is 0 Å². The molecule has 3 aromatic rings. The molecule has 1 aromatic heterocycles. The second kappa shape index (κ2) is 9.01. The van der Waals surface area contributed by atoms with Crippen LogP contribution < -0.4 is 10.3 Å². The van der Waals surface area contributed by atoms with Gasteiger partial charge in [0.25, 0.3) is 5.91 Å². The molecule has 8 nitrogen and oxygen atoms in total. The van der Waals surface area contributed by atoms with Crippen molar-refractivity contribution in [2.75, 3.05) is 16.9 Å². The fourth-order valence-electron chi connectivity index (χ4n) is 3.47. The molecule has 4 rings (SSSR count). The van der Waals surface area contributed by atoms with Crippen LogP contribution in [-0.2, 0) is 21.4 Å². The lowest BCUT2D eigenvalue weighted by atomic mass is 10.1. The molecule has 9 heteroatoms. The van der Waals surface area contributed by atoms with Crippen LogP contribution in [0, 0.1) is 5.82 Å². The molecule has 0 saturated heterocycles. The van der Waals surface area contributed by atoms with Gasteiger partial charge in [0.15, 0.2) is 0 Å². The molecular weight excluding hydrogens is 413 g/mol. The van der Waals surface area contributed by atoms with Gasteiger partial charge in [0.05, 0.1) is 18.6 Å². The van der Waals surface area contributed by atoms with Gasteiger partial charge >= 0.3 is 5.97 Å². The van der Waals surface area contributed by atoms with E-state index in [1.165, 1.54) is 17.1 Å². The highest BCUT2D eigenvalue weighted by molar-refractivity contribution is 6.38. The average molecular weight is 435 g/mol. The normalized spacial score (nSPS) is 15.4. The summed E-state index contributed by atoms with van der Waals surface area (Å²) in [5, 5.41) is 8.80. The van der Waals surface area contributed by atoms with Gasteiger partial charge in [-0.2, -0.15) is 5.10 Å². The van der Waals surface area contributed by atoms with Crippen LogP contribution in [0.15, 0.2) is 66.0 Å². The van der Waals surface area contributed by atoms with Crippen molar-refractivity contribution < 1.29 is 18.7 Å². The van der Waals surface area contributed by atoms with Crippen LogP contribution in [0.4, 0.5) is 15.9 Å². The Morgan fingerprint density at radius 3 is 2.56 bits per heavy atom. The number of benzene rings is 2. The molecule has 1 atom stereocenters. The number of carbonyl (C=O) groups is 2. The number of carbonyl (C=O) groups excluding carboxylic acids is 2. The zero-order valence-corrected chi connectivity index (χ0v) is 17.7. The summed E-state index contributed by atoms with van der Waals surface area (Å²) in [6.07, 6.45) is 1.67. The minimum absolute atomic E-state index is 0.100. The molecule has 0 radical (unpaired) electrons. The lowest BCUT2D eigenvalue weighted by Gasteiger charge is -2.23. The van der Waals surface area contributed by atoms with Crippen molar-refractivity contribution in [1.82, 2.24) is 9.55 Å². The molecule has 1 N–H and O–H groups in total. The molecule has 32 heavy (non-hydrogen) atoms. The summed E-state index contributed by atoms with van der Waals surface area (Å²) in [6, 6.07) is 14.3. The van der Waals surface area contributed by atoms with Crippen molar-refractivity contribution in [3.05, 3.63) is 66.7 Å². The Bertz CT molecular complexity index is 1160. The van der Waals surface area contributed by atoms with Crippen molar-refractivity contribution in [2.24, 2.45) is 12.1 Å². The summed E-state index contributed by atoms with van der Waals surface area (Å²) in [5.41, 5.74) is 2.03. The van der Waals surface area contributed by atoms with Crippen molar-refractivity contribution in [2.45, 2.75) is 19.4 Å². The summed E-state index contributed by atoms with van der Waals surface area (Å²) in [5.74, 6) is -0.803. The Labute approximate surface area is 184 Å². The van der Waals surface area contributed by atoms with E-state index in [9.17, 15) is 14.0 Å². The molecule has 1 unspecified atom stereocenters. The molecule has 0 spiro atoms. The summed E-state index contributed by atoms with van der Waals surface area (Å²) in [6.45, 7) is 1.93. The number of nitrogens with one attached hydrogen (secondary N) is 1. The van der Waals surface area contributed by atoms with Crippen LogP contribution in [-0.4, -0.2) is 39.8 Å². The number of hydrazone groups is 1. The fraction of sp³-hybridized carbons (Fsp3) is 0.217. The van der Waals surface area contributed by atoms with Gasteiger partial charge in [-0.25, -0.2) is 14.2 Å². The Morgan fingerprint density at radius 2 is 1.88 bits per heavy atom. The molecule has 2 aromatic carbocycles. The van der Waals surface area contributed by atoms with Gasteiger partial charge in [-0.05, 0) is 43.3 Å². The minimum Gasteiger partial charge on any atom is -0.461 e. The number of aromatic nitrogens is 2. The first-order valence-electron chi connectivity index (χ1n) is 10.1. The summed E-state index contributed by atoms with van der Waals surface area (Å²) in [7, 11) is 1.75. The van der Waals surface area contributed by atoms with Gasteiger partial charge in [-0.15, -0.1) is 0 Å². The molecule has 1 aliphatic heterocycles. The zero-order valence-electron chi connectivity index (χ0n) is 17.7. The second-order valence-corrected chi connectivity index (χ2v) is 7.22. The smallest absolute Gasteiger partial charge is 0.354 e. The standard InChI is InChI=1S/C23H22FN5O3/c1-3-32-23(31)18-13-19(29(27-18)17-7-5-4-6-8-17)22(30)26-21-20(25-14-28(21)2)15-9-11-16(24)12-10-15/h4-12,14,19H,3,13H2,1-2H3,(H,26,30). The largest absolute Gasteiger partial charge is 0.461 e. The first kappa shape index (κ1) is 21.2. The maximum absolute atomic E-state index is 13.3. The van der Waals surface area contributed by atoms with E-state index in [0.717, 1.165) is 0 Å². The van der Waals surface area contributed by atoms with E-state index in [-0.39, 0.29) is 30.5 Å². The fourth-order valence-corrected chi connectivity index (χ4v) is 3.47. The molecule has 0 aliphatic carbocycles. The lowest BCUT2D eigenvalue weighted by molar-refractivity contribution is -0.135. The molecule has 1 amide bonds. The Kier molecular flexibility index (Phi) is 5.98. The quantitative estimate of drug-likeness (QED) is 0.600. The number of esters is 1. The van der Waals surface area contributed by atoms with E-state index >= 15 is 0 Å². The first-order chi connectivity index (χ1) is 15.5. The number of rotatable bonds is 6. The second-order valence-electron chi connectivity index (χ2n) is 7.22. The summed E-state index contributed by atoms with van der Waals surface area (Å²) in [4.78, 5) is 30.0. The predicted molar refractivity (Wildman–Crippen MR) is 119 cm³/mol. The number of amides is 1. The molecule has 0 bridgehead atoms. The molecule has 1 aliphatic rings. The summed E-state index contributed by atoms with van der Waals surface area (Å²) < 4.78 is 20.1. The van der Waals surface area contributed by atoms with Crippen LogP contribution in [0.3, 0.4) is 0 Å². The van der Waals surface area contributed by atoms with E-state index in [0.29, 0.717) is 22.8 Å². The van der Waals surface area contributed by atoms with Crippen molar-refractivity contribution >= 4 is 29.1 Å². The Balaban J connectivity index is 1.62. The third-order valence-corrected chi connectivity index (χ3v) is 5.04. The number of ether oxygens (including phenoxy) is 1. The number of para-hydroxylation sites is 1. The number of anilines is 2. The van der Waals surface area contributed by atoms with Gasteiger partial charge in [0.2, 0.25) is 0 Å². The number of imidazole rings is 1. The molecule has 2 heterocycles. The average Bonchev–Trinajstić information content (AvgIpc) is 3.40. The van der Waals surface area contributed by atoms with Gasteiger partial charge in [-0.3, -0.25) is 9.80 Å². The van der Waals surface area contributed by atoms with Gasteiger partial charge in [0.1, 0.15) is 29.1 Å². The van der Waals surface area contributed by atoms with E-state index in [1.807, 2.05) is 30.3 Å². The summed E-state index contributed by atoms with van der Waals surface area (Å²) >= 11 is 0. The molecular formula is C23H22FN5O3. The van der Waals surface area contributed by atoms with E-state index in [2.05, 4.69) is 15.4 Å². The van der Waals surface area contributed by atoms with Crippen LogP contribution in [0.1, 0.15) is 13.3 Å². The van der Waals surface area contributed by atoms with Crippen LogP contribution in [0.25, 0.3) is 11.3 Å². The minimum atomic E-state index is -0.757. The molecule has 0 saturated carbocycles. The number of halogens is 1.